The zero-order valence-corrected chi connectivity index (χ0v) is 7.83. The van der Waals surface area contributed by atoms with E-state index in [2.05, 4.69) is 15.1 Å². The lowest BCUT2D eigenvalue weighted by atomic mass is 10.2. The van der Waals surface area contributed by atoms with Crippen molar-refractivity contribution >= 4 is 0 Å². The molecule has 2 aromatic rings. The molecule has 0 aliphatic rings. The maximum Gasteiger partial charge on any atom is 0.0934 e. The van der Waals surface area contributed by atoms with Crippen LogP contribution in [0.25, 0.3) is 0 Å². The number of hydrogen-bond acceptors (Lipinski definition) is 4. The summed E-state index contributed by atoms with van der Waals surface area (Å²) >= 11 is 0. The second-order valence-electron chi connectivity index (χ2n) is 3.02. The Kier molecular flexibility index (Phi) is 2.24. The first-order valence-electron chi connectivity index (χ1n) is 4.28. The Labute approximate surface area is 81.6 Å². The van der Waals surface area contributed by atoms with Gasteiger partial charge in [-0.2, -0.15) is 5.10 Å². The van der Waals surface area contributed by atoms with Crippen molar-refractivity contribution in [1.82, 2.24) is 19.7 Å². The van der Waals surface area contributed by atoms with Crippen molar-refractivity contribution in [2.24, 2.45) is 12.8 Å². The fourth-order valence-corrected chi connectivity index (χ4v) is 1.22. The lowest BCUT2D eigenvalue weighted by molar-refractivity contribution is 0.705. The maximum absolute atomic E-state index is 5.95. The van der Waals surface area contributed by atoms with Crippen LogP contribution in [0.5, 0.6) is 0 Å². The quantitative estimate of drug-likeness (QED) is 0.735. The first-order chi connectivity index (χ1) is 6.77. The average molecular weight is 189 g/mol. The van der Waals surface area contributed by atoms with E-state index in [9.17, 15) is 0 Å². The highest BCUT2D eigenvalue weighted by atomic mass is 15.3. The van der Waals surface area contributed by atoms with Gasteiger partial charge in [-0.25, -0.2) is 0 Å². The zero-order chi connectivity index (χ0) is 9.97. The summed E-state index contributed by atoms with van der Waals surface area (Å²) in [7, 11) is 1.85. The van der Waals surface area contributed by atoms with E-state index in [0.29, 0.717) is 0 Å². The number of aromatic nitrogens is 4. The van der Waals surface area contributed by atoms with E-state index in [1.807, 2.05) is 19.3 Å². The Morgan fingerprint density at radius 1 is 1.36 bits per heavy atom. The maximum atomic E-state index is 5.95. The second-order valence-corrected chi connectivity index (χ2v) is 3.02. The first-order valence-corrected chi connectivity index (χ1v) is 4.28. The van der Waals surface area contributed by atoms with Crippen molar-refractivity contribution in [3.63, 3.8) is 0 Å². The molecule has 0 aromatic carbocycles. The summed E-state index contributed by atoms with van der Waals surface area (Å²) in [5, 5.41) is 4.21. The molecule has 0 amide bonds. The molecule has 72 valence electrons. The molecule has 0 aliphatic carbocycles. The number of hydrogen-bond donors (Lipinski definition) is 1. The average Bonchev–Trinajstić information content (AvgIpc) is 2.65. The van der Waals surface area contributed by atoms with Gasteiger partial charge in [0, 0.05) is 25.6 Å². The first kappa shape index (κ1) is 8.83. The van der Waals surface area contributed by atoms with Gasteiger partial charge in [-0.1, -0.05) is 0 Å². The number of aryl methyl sites for hydroxylation is 1. The van der Waals surface area contributed by atoms with Gasteiger partial charge >= 0.3 is 0 Å². The van der Waals surface area contributed by atoms with Gasteiger partial charge in [0.25, 0.3) is 0 Å². The van der Waals surface area contributed by atoms with Crippen LogP contribution in [0, 0.1) is 0 Å². The molecular weight excluding hydrogens is 178 g/mol. The highest BCUT2D eigenvalue weighted by Crippen LogP contribution is 2.13. The van der Waals surface area contributed by atoms with Gasteiger partial charge in [0.2, 0.25) is 0 Å². The largest absolute Gasteiger partial charge is 0.318 e. The van der Waals surface area contributed by atoms with E-state index in [4.69, 9.17) is 5.73 Å². The lowest BCUT2D eigenvalue weighted by Gasteiger charge is -2.06. The van der Waals surface area contributed by atoms with Crippen LogP contribution in [0.4, 0.5) is 0 Å². The SMILES string of the molecule is Cn1ccc(C(N)c2cnccn2)n1. The monoisotopic (exact) mass is 189 g/mol. The molecule has 0 saturated carbocycles. The molecule has 5 nitrogen and oxygen atoms in total. The van der Waals surface area contributed by atoms with Gasteiger partial charge in [-0.15, -0.1) is 0 Å². The van der Waals surface area contributed by atoms with Crippen LogP contribution in [0.15, 0.2) is 30.9 Å². The Morgan fingerprint density at radius 3 is 2.79 bits per heavy atom. The van der Waals surface area contributed by atoms with Gasteiger partial charge < -0.3 is 5.73 Å². The minimum absolute atomic E-state index is 0.301. The molecule has 2 aromatic heterocycles. The standard InChI is InChI=1S/C9H11N5/c1-14-5-2-7(13-14)9(10)8-6-11-3-4-12-8/h2-6,9H,10H2,1H3. The summed E-state index contributed by atoms with van der Waals surface area (Å²) in [5.74, 6) is 0. The minimum Gasteiger partial charge on any atom is -0.318 e. The van der Waals surface area contributed by atoms with Crippen molar-refractivity contribution in [2.45, 2.75) is 6.04 Å². The normalized spacial score (nSPS) is 12.7. The van der Waals surface area contributed by atoms with Crippen LogP contribution in [-0.4, -0.2) is 19.7 Å². The van der Waals surface area contributed by atoms with E-state index in [1.54, 1.807) is 23.3 Å². The molecule has 0 fully saturated rings. The molecule has 2 N–H and O–H groups in total. The van der Waals surface area contributed by atoms with Crippen LogP contribution in [0.2, 0.25) is 0 Å². The second kappa shape index (κ2) is 3.55. The molecule has 14 heavy (non-hydrogen) atoms. The highest BCUT2D eigenvalue weighted by Gasteiger charge is 2.12. The molecule has 0 aliphatic heterocycles. The Morgan fingerprint density at radius 2 is 2.21 bits per heavy atom. The molecule has 0 saturated heterocycles. The topological polar surface area (TPSA) is 69.6 Å². The third kappa shape index (κ3) is 1.62. The van der Waals surface area contributed by atoms with E-state index in [0.717, 1.165) is 11.4 Å². The Bertz CT molecular complexity index is 408. The van der Waals surface area contributed by atoms with Crippen LogP contribution >= 0.6 is 0 Å². The Balaban J connectivity index is 2.29. The van der Waals surface area contributed by atoms with E-state index >= 15 is 0 Å². The molecule has 2 heterocycles. The molecule has 0 bridgehead atoms. The third-order valence-corrected chi connectivity index (χ3v) is 1.95. The predicted octanol–water partition coefficient (Wildman–Crippen LogP) is 0.258. The molecule has 5 heteroatoms. The van der Waals surface area contributed by atoms with Gasteiger partial charge in [-0.05, 0) is 6.07 Å². The van der Waals surface area contributed by atoms with Crippen molar-refractivity contribution in [2.75, 3.05) is 0 Å². The number of rotatable bonds is 2. The van der Waals surface area contributed by atoms with E-state index in [-0.39, 0.29) is 6.04 Å². The molecule has 1 atom stereocenters. The van der Waals surface area contributed by atoms with Gasteiger partial charge in [0.1, 0.15) is 0 Å². The summed E-state index contributed by atoms with van der Waals surface area (Å²) < 4.78 is 1.71. The van der Waals surface area contributed by atoms with E-state index in [1.165, 1.54) is 0 Å². The van der Waals surface area contributed by atoms with Crippen LogP contribution in [0.3, 0.4) is 0 Å². The molecular formula is C9H11N5. The smallest absolute Gasteiger partial charge is 0.0934 e. The minimum atomic E-state index is -0.301. The third-order valence-electron chi connectivity index (χ3n) is 1.95. The highest BCUT2D eigenvalue weighted by molar-refractivity contribution is 5.17. The van der Waals surface area contributed by atoms with Crippen LogP contribution in [-0.2, 0) is 7.05 Å². The zero-order valence-electron chi connectivity index (χ0n) is 7.83. The summed E-state index contributed by atoms with van der Waals surface area (Å²) in [6.45, 7) is 0. The van der Waals surface area contributed by atoms with Gasteiger partial charge in [-0.3, -0.25) is 14.6 Å². The van der Waals surface area contributed by atoms with Gasteiger partial charge in [0.15, 0.2) is 0 Å². The Hall–Kier alpha value is -1.75. The number of nitrogens with two attached hydrogens (primary N) is 1. The van der Waals surface area contributed by atoms with Crippen LogP contribution < -0.4 is 5.73 Å². The van der Waals surface area contributed by atoms with Gasteiger partial charge in [0.05, 0.1) is 23.6 Å². The van der Waals surface area contributed by atoms with Crippen molar-refractivity contribution in [3.8, 4) is 0 Å². The van der Waals surface area contributed by atoms with Crippen molar-refractivity contribution in [3.05, 3.63) is 42.2 Å². The summed E-state index contributed by atoms with van der Waals surface area (Å²) in [6.07, 6.45) is 6.75. The molecule has 1 unspecified atom stereocenters. The summed E-state index contributed by atoms with van der Waals surface area (Å²) in [6, 6.07) is 1.57. The summed E-state index contributed by atoms with van der Waals surface area (Å²) in [4.78, 5) is 8.09. The molecule has 0 radical (unpaired) electrons. The molecule has 2 rings (SSSR count). The van der Waals surface area contributed by atoms with Crippen LogP contribution in [0.1, 0.15) is 17.4 Å². The predicted molar refractivity (Wildman–Crippen MR) is 51.3 cm³/mol. The van der Waals surface area contributed by atoms with Crippen molar-refractivity contribution in [1.29, 1.82) is 0 Å². The fraction of sp³-hybridized carbons (Fsp3) is 0.222. The van der Waals surface area contributed by atoms with E-state index < -0.39 is 0 Å². The van der Waals surface area contributed by atoms with Crippen molar-refractivity contribution < 1.29 is 0 Å². The lowest BCUT2D eigenvalue weighted by Crippen LogP contribution is -2.14. The summed E-state index contributed by atoms with van der Waals surface area (Å²) in [5.41, 5.74) is 7.48. The molecule has 0 spiro atoms. The fourth-order valence-electron chi connectivity index (χ4n) is 1.22. The number of nitrogens with zero attached hydrogens (tertiary/aromatic N) is 4.